The average Bonchev–Trinajstić information content (AvgIpc) is 2.17. The first-order valence-corrected chi connectivity index (χ1v) is 5.33. The molecule has 0 amide bonds. The van der Waals surface area contributed by atoms with Gasteiger partial charge in [0.05, 0.1) is 11.1 Å². The molecule has 0 aliphatic rings. The number of hydroxylamine groups is 1. The molecule has 3 heteroatoms. The Morgan fingerprint density at radius 3 is 2.12 bits per heavy atom. The number of carbonyl (C=O) groups is 1. The van der Waals surface area contributed by atoms with Gasteiger partial charge in [-0.05, 0) is 39.8 Å². The highest BCUT2D eigenvalue weighted by atomic mass is 16.7. The minimum atomic E-state index is -0.487. The number of rotatable bonds is 2. The topological polar surface area (TPSA) is 29.5 Å². The third kappa shape index (κ3) is 3.26. The van der Waals surface area contributed by atoms with E-state index in [1.54, 1.807) is 7.05 Å². The molecule has 0 atom stereocenters. The van der Waals surface area contributed by atoms with Gasteiger partial charge < -0.3 is 4.84 Å². The zero-order chi connectivity index (χ0) is 12.3. The number of carbonyl (C=O) groups excluding carboxylic acids is 1. The van der Waals surface area contributed by atoms with Crippen molar-refractivity contribution in [2.24, 2.45) is 5.41 Å². The maximum Gasteiger partial charge on any atom is 0.337 e. The molecule has 16 heavy (non-hydrogen) atoms. The molecule has 1 aromatic carbocycles. The number of hydrogen-bond donors (Lipinski definition) is 0. The van der Waals surface area contributed by atoms with E-state index in [9.17, 15) is 4.79 Å². The Morgan fingerprint density at radius 1 is 1.19 bits per heavy atom. The number of hydrogen-bond acceptors (Lipinski definition) is 3. The summed E-state index contributed by atoms with van der Waals surface area (Å²) in [5.41, 5.74) is 1.56. The average molecular weight is 221 g/mol. The monoisotopic (exact) mass is 221 g/mol. The molecule has 0 fully saturated rings. The first-order valence-electron chi connectivity index (χ1n) is 5.33. The van der Waals surface area contributed by atoms with E-state index in [1.807, 2.05) is 52.0 Å². The Kier molecular flexibility index (Phi) is 3.58. The van der Waals surface area contributed by atoms with Crippen molar-refractivity contribution in [1.82, 2.24) is 0 Å². The number of nitrogens with zero attached hydrogens (tertiary/aromatic N) is 1. The Labute approximate surface area is 97.0 Å². The SMILES string of the molecule is Cc1ccc(N(C)OC(=O)C(C)(C)C)cc1. The molecule has 3 nitrogen and oxygen atoms in total. The lowest BCUT2D eigenvalue weighted by atomic mass is 9.98. The normalized spacial score (nSPS) is 11.1. The molecule has 0 aromatic heterocycles. The van der Waals surface area contributed by atoms with Crippen LogP contribution in [0.1, 0.15) is 26.3 Å². The van der Waals surface area contributed by atoms with Gasteiger partial charge in [0.15, 0.2) is 0 Å². The van der Waals surface area contributed by atoms with E-state index in [-0.39, 0.29) is 5.97 Å². The van der Waals surface area contributed by atoms with Crippen LogP contribution in [0.15, 0.2) is 24.3 Å². The molecule has 88 valence electrons. The molecule has 0 heterocycles. The minimum Gasteiger partial charge on any atom is -0.341 e. The van der Waals surface area contributed by atoms with Crippen molar-refractivity contribution in [3.63, 3.8) is 0 Å². The lowest BCUT2D eigenvalue weighted by Crippen LogP contribution is -2.31. The van der Waals surface area contributed by atoms with Gasteiger partial charge in [0, 0.05) is 7.05 Å². The van der Waals surface area contributed by atoms with Crippen molar-refractivity contribution < 1.29 is 9.63 Å². The van der Waals surface area contributed by atoms with Gasteiger partial charge in [0.2, 0.25) is 0 Å². The zero-order valence-corrected chi connectivity index (χ0v) is 10.6. The van der Waals surface area contributed by atoms with E-state index in [1.165, 1.54) is 10.6 Å². The second-order valence-electron chi connectivity index (χ2n) is 4.96. The molecule has 0 aliphatic heterocycles. The summed E-state index contributed by atoms with van der Waals surface area (Å²) in [6, 6.07) is 7.81. The van der Waals surface area contributed by atoms with Crippen LogP contribution in [-0.4, -0.2) is 13.0 Å². The highest BCUT2D eigenvalue weighted by Gasteiger charge is 2.25. The van der Waals surface area contributed by atoms with Gasteiger partial charge in [-0.15, -0.1) is 0 Å². The molecular weight excluding hydrogens is 202 g/mol. The van der Waals surface area contributed by atoms with E-state index in [2.05, 4.69) is 0 Å². The summed E-state index contributed by atoms with van der Waals surface area (Å²) in [6.45, 7) is 7.51. The van der Waals surface area contributed by atoms with E-state index >= 15 is 0 Å². The molecule has 1 aromatic rings. The van der Waals surface area contributed by atoms with Gasteiger partial charge in [-0.25, -0.2) is 9.86 Å². The van der Waals surface area contributed by atoms with E-state index in [4.69, 9.17) is 4.84 Å². The van der Waals surface area contributed by atoms with Gasteiger partial charge in [0.1, 0.15) is 0 Å². The zero-order valence-electron chi connectivity index (χ0n) is 10.6. The predicted octanol–water partition coefficient (Wildman–Crippen LogP) is 2.94. The molecule has 0 radical (unpaired) electrons. The molecule has 0 bridgehead atoms. The van der Waals surface area contributed by atoms with Crippen LogP contribution in [0.2, 0.25) is 0 Å². The minimum absolute atomic E-state index is 0.240. The molecule has 0 unspecified atom stereocenters. The van der Waals surface area contributed by atoms with Crippen molar-refractivity contribution in [3.05, 3.63) is 29.8 Å². The standard InChI is InChI=1S/C13H19NO2/c1-10-6-8-11(9-7-10)14(5)16-12(15)13(2,3)4/h6-9H,1-5H3. The maximum absolute atomic E-state index is 11.7. The van der Waals surface area contributed by atoms with Crippen molar-refractivity contribution in [2.45, 2.75) is 27.7 Å². The van der Waals surface area contributed by atoms with Gasteiger partial charge in [-0.2, -0.15) is 0 Å². The van der Waals surface area contributed by atoms with Crippen LogP contribution in [0.3, 0.4) is 0 Å². The summed E-state index contributed by atoms with van der Waals surface area (Å²) >= 11 is 0. The van der Waals surface area contributed by atoms with Crippen LogP contribution in [0, 0.1) is 12.3 Å². The number of anilines is 1. The van der Waals surface area contributed by atoms with Crippen molar-refractivity contribution in [3.8, 4) is 0 Å². The summed E-state index contributed by atoms with van der Waals surface area (Å²) in [7, 11) is 1.73. The third-order valence-corrected chi connectivity index (χ3v) is 2.23. The second kappa shape index (κ2) is 4.56. The highest BCUT2D eigenvalue weighted by molar-refractivity contribution is 5.76. The Hall–Kier alpha value is -1.51. The Morgan fingerprint density at radius 2 is 1.69 bits per heavy atom. The molecule has 0 spiro atoms. The molecule has 1 rings (SSSR count). The molecule has 0 aliphatic carbocycles. The number of benzene rings is 1. The lowest BCUT2D eigenvalue weighted by Gasteiger charge is -2.23. The Bertz CT molecular complexity index is 363. The maximum atomic E-state index is 11.7. The van der Waals surface area contributed by atoms with Gasteiger partial charge in [-0.3, -0.25) is 0 Å². The van der Waals surface area contributed by atoms with E-state index in [0.29, 0.717) is 0 Å². The van der Waals surface area contributed by atoms with Crippen molar-refractivity contribution in [1.29, 1.82) is 0 Å². The van der Waals surface area contributed by atoms with Crippen LogP contribution in [0.5, 0.6) is 0 Å². The summed E-state index contributed by atoms with van der Waals surface area (Å²) < 4.78 is 0. The molecular formula is C13H19NO2. The largest absolute Gasteiger partial charge is 0.341 e. The van der Waals surface area contributed by atoms with E-state index in [0.717, 1.165) is 5.69 Å². The Balaban J connectivity index is 2.69. The fraction of sp³-hybridized carbons (Fsp3) is 0.462. The van der Waals surface area contributed by atoms with Gasteiger partial charge in [0.25, 0.3) is 0 Å². The predicted molar refractivity (Wildman–Crippen MR) is 65.1 cm³/mol. The molecule has 0 N–H and O–H groups in total. The smallest absolute Gasteiger partial charge is 0.337 e. The third-order valence-electron chi connectivity index (χ3n) is 2.23. The summed E-state index contributed by atoms with van der Waals surface area (Å²) in [5.74, 6) is -0.240. The first kappa shape index (κ1) is 12.6. The van der Waals surface area contributed by atoms with Crippen LogP contribution in [-0.2, 0) is 9.63 Å². The van der Waals surface area contributed by atoms with Gasteiger partial charge in [-0.1, -0.05) is 17.7 Å². The van der Waals surface area contributed by atoms with Crippen molar-refractivity contribution in [2.75, 3.05) is 12.1 Å². The fourth-order valence-corrected chi connectivity index (χ4v) is 1.07. The summed E-state index contributed by atoms with van der Waals surface area (Å²) in [4.78, 5) is 16.9. The van der Waals surface area contributed by atoms with Crippen LogP contribution in [0.4, 0.5) is 5.69 Å². The van der Waals surface area contributed by atoms with Crippen molar-refractivity contribution >= 4 is 11.7 Å². The van der Waals surface area contributed by atoms with E-state index < -0.39 is 5.41 Å². The molecule has 0 saturated carbocycles. The lowest BCUT2D eigenvalue weighted by molar-refractivity contribution is -0.153. The number of aryl methyl sites for hydroxylation is 1. The quantitative estimate of drug-likeness (QED) is 0.719. The summed E-state index contributed by atoms with van der Waals surface area (Å²) in [6.07, 6.45) is 0. The van der Waals surface area contributed by atoms with Gasteiger partial charge >= 0.3 is 5.97 Å². The highest BCUT2D eigenvalue weighted by Crippen LogP contribution is 2.19. The van der Waals surface area contributed by atoms with Crippen LogP contribution in [0.25, 0.3) is 0 Å². The molecule has 0 saturated heterocycles. The fourth-order valence-electron chi connectivity index (χ4n) is 1.07. The second-order valence-corrected chi connectivity index (χ2v) is 4.96. The van der Waals surface area contributed by atoms with Crippen LogP contribution < -0.4 is 5.06 Å². The first-order chi connectivity index (χ1) is 7.30. The summed E-state index contributed by atoms with van der Waals surface area (Å²) in [5, 5.41) is 1.49. The van der Waals surface area contributed by atoms with Crippen LogP contribution >= 0.6 is 0 Å².